The lowest BCUT2D eigenvalue weighted by Gasteiger charge is -2.14. The highest BCUT2D eigenvalue weighted by Gasteiger charge is 2.15. The van der Waals surface area contributed by atoms with Gasteiger partial charge in [-0.1, -0.05) is 60.7 Å². The number of carbonyl (C=O) groups excluding carboxylic acids is 1. The Morgan fingerprint density at radius 2 is 1.71 bits per heavy atom. The fourth-order valence-corrected chi connectivity index (χ4v) is 2.61. The van der Waals surface area contributed by atoms with Gasteiger partial charge in [0, 0.05) is 5.56 Å². The molecule has 1 N–H and O–H groups in total. The number of hydrogen-bond acceptors (Lipinski definition) is 3. The number of benzene rings is 2. The van der Waals surface area contributed by atoms with Crippen LogP contribution in [0.1, 0.15) is 24.4 Å². The number of carbonyl (C=O) groups is 1. The third-order valence-corrected chi connectivity index (χ3v) is 3.78. The van der Waals surface area contributed by atoms with Crippen LogP contribution in [-0.2, 0) is 11.3 Å². The van der Waals surface area contributed by atoms with Crippen molar-refractivity contribution >= 4 is 5.91 Å². The van der Waals surface area contributed by atoms with E-state index >= 15 is 0 Å². The molecule has 1 heterocycles. The maximum absolute atomic E-state index is 12.4. The Bertz CT molecular complexity index is 812. The van der Waals surface area contributed by atoms with Gasteiger partial charge in [-0.15, -0.1) is 0 Å². The molecule has 122 valence electrons. The highest BCUT2D eigenvalue weighted by atomic mass is 16.2. The predicted octanol–water partition coefficient (Wildman–Crippen LogP) is 3.13. The summed E-state index contributed by atoms with van der Waals surface area (Å²) in [6.07, 6.45) is 0. The number of hydrogen-bond donors (Lipinski definition) is 1. The van der Waals surface area contributed by atoms with Crippen molar-refractivity contribution in [1.82, 2.24) is 20.1 Å². The van der Waals surface area contributed by atoms with Crippen LogP contribution in [0.3, 0.4) is 0 Å². The molecule has 0 bridgehead atoms. The quantitative estimate of drug-likeness (QED) is 0.785. The molecule has 1 unspecified atom stereocenters. The summed E-state index contributed by atoms with van der Waals surface area (Å²) < 4.78 is 1.65. The molecule has 1 amide bonds. The van der Waals surface area contributed by atoms with Crippen molar-refractivity contribution in [2.24, 2.45) is 0 Å². The van der Waals surface area contributed by atoms with Crippen molar-refractivity contribution in [1.29, 1.82) is 0 Å². The summed E-state index contributed by atoms with van der Waals surface area (Å²) in [5.41, 5.74) is 2.02. The molecule has 24 heavy (non-hydrogen) atoms. The molecule has 3 rings (SSSR count). The molecule has 0 aliphatic heterocycles. The monoisotopic (exact) mass is 320 g/mol. The minimum absolute atomic E-state index is 0.0523. The summed E-state index contributed by atoms with van der Waals surface area (Å²) in [5.74, 6) is 1.27. The molecule has 0 aliphatic carbocycles. The van der Waals surface area contributed by atoms with Crippen molar-refractivity contribution < 1.29 is 4.79 Å². The van der Waals surface area contributed by atoms with Crippen LogP contribution in [0.25, 0.3) is 11.4 Å². The maximum Gasteiger partial charge on any atom is 0.242 e. The summed E-state index contributed by atoms with van der Waals surface area (Å²) in [6.45, 7) is 3.94. The van der Waals surface area contributed by atoms with Gasteiger partial charge in [-0.05, 0) is 19.4 Å². The van der Waals surface area contributed by atoms with E-state index in [0.717, 1.165) is 11.1 Å². The van der Waals surface area contributed by atoms with Crippen LogP contribution in [0.5, 0.6) is 0 Å². The highest BCUT2D eigenvalue weighted by Crippen LogP contribution is 2.17. The number of nitrogens with one attached hydrogen (secondary N) is 1. The van der Waals surface area contributed by atoms with E-state index in [-0.39, 0.29) is 18.5 Å². The molecule has 5 heteroatoms. The first-order valence-electron chi connectivity index (χ1n) is 7.94. The van der Waals surface area contributed by atoms with Gasteiger partial charge in [-0.25, -0.2) is 9.67 Å². The summed E-state index contributed by atoms with van der Waals surface area (Å²) in [4.78, 5) is 16.8. The zero-order chi connectivity index (χ0) is 16.9. The molecule has 1 atom stereocenters. The zero-order valence-corrected chi connectivity index (χ0v) is 13.8. The largest absolute Gasteiger partial charge is 0.348 e. The third kappa shape index (κ3) is 3.68. The van der Waals surface area contributed by atoms with Gasteiger partial charge in [-0.2, -0.15) is 5.10 Å². The molecule has 1 aromatic heterocycles. The number of amides is 1. The van der Waals surface area contributed by atoms with Gasteiger partial charge in [0.2, 0.25) is 5.91 Å². The molecule has 0 saturated carbocycles. The normalized spacial score (nSPS) is 11.9. The van der Waals surface area contributed by atoms with Crippen LogP contribution in [0, 0.1) is 6.92 Å². The molecule has 0 radical (unpaired) electrons. The average Bonchev–Trinajstić information content (AvgIpc) is 2.96. The Morgan fingerprint density at radius 1 is 1.08 bits per heavy atom. The second-order valence-corrected chi connectivity index (χ2v) is 5.71. The molecule has 0 saturated heterocycles. The van der Waals surface area contributed by atoms with Gasteiger partial charge in [0.15, 0.2) is 5.82 Å². The van der Waals surface area contributed by atoms with Crippen molar-refractivity contribution in [3.05, 3.63) is 72.1 Å². The fourth-order valence-electron chi connectivity index (χ4n) is 2.61. The van der Waals surface area contributed by atoms with Gasteiger partial charge in [0.1, 0.15) is 12.4 Å². The van der Waals surface area contributed by atoms with E-state index in [2.05, 4.69) is 15.4 Å². The topological polar surface area (TPSA) is 59.8 Å². The summed E-state index contributed by atoms with van der Waals surface area (Å²) in [7, 11) is 0. The smallest absolute Gasteiger partial charge is 0.242 e. The first-order chi connectivity index (χ1) is 11.6. The van der Waals surface area contributed by atoms with Crippen LogP contribution < -0.4 is 5.32 Å². The van der Waals surface area contributed by atoms with Gasteiger partial charge >= 0.3 is 0 Å². The Balaban J connectivity index is 1.73. The first kappa shape index (κ1) is 15.9. The molecule has 0 fully saturated rings. The van der Waals surface area contributed by atoms with E-state index in [0.29, 0.717) is 11.6 Å². The minimum atomic E-state index is -0.0894. The summed E-state index contributed by atoms with van der Waals surface area (Å²) in [5, 5.41) is 7.36. The van der Waals surface area contributed by atoms with Crippen LogP contribution in [-0.4, -0.2) is 20.7 Å². The third-order valence-electron chi connectivity index (χ3n) is 3.78. The van der Waals surface area contributed by atoms with E-state index in [1.165, 1.54) is 0 Å². The summed E-state index contributed by atoms with van der Waals surface area (Å²) in [6, 6.07) is 19.6. The SMILES string of the molecule is Cc1nc(-c2ccccc2)n(CC(=O)NC(C)c2ccccc2)n1. The Kier molecular flexibility index (Phi) is 4.70. The Hall–Kier alpha value is -2.95. The van der Waals surface area contributed by atoms with Crippen molar-refractivity contribution in [2.45, 2.75) is 26.4 Å². The lowest BCUT2D eigenvalue weighted by Crippen LogP contribution is -2.30. The first-order valence-corrected chi connectivity index (χ1v) is 7.94. The lowest BCUT2D eigenvalue weighted by molar-refractivity contribution is -0.122. The second-order valence-electron chi connectivity index (χ2n) is 5.71. The van der Waals surface area contributed by atoms with Crippen LogP contribution in [0.4, 0.5) is 0 Å². The average molecular weight is 320 g/mol. The van der Waals surface area contributed by atoms with E-state index in [9.17, 15) is 4.79 Å². The van der Waals surface area contributed by atoms with Crippen molar-refractivity contribution in [2.75, 3.05) is 0 Å². The molecule has 2 aromatic carbocycles. The fraction of sp³-hybridized carbons (Fsp3) is 0.211. The van der Waals surface area contributed by atoms with Gasteiger partial charge in [0.25, 0.3) is 0 Å². The molecular weight excluding hydrogens is 300 g/mol. The van der Waals surface area contributed by atoms with Crippen LogP contribution in [0.15, 0.2) is 60.7 Å². The molecule has 3 aromatic rings. The van der Waals surface area contributed by atoms with Gasteiger partial charge in [-0.3, -0.25) is 4.79 Å². The number of aryl methyl sites for hydroxylation is 1. The predicted molar refractivity (Wildman–Crippen MR) is 93.2 cm³/mol. The maximum atomic E-state index is 12.4. The number of aromatic nitrogens is 3. The van der Waals surface area contributed by atoms with E-state index in [1.54, 1.807) is 4.68 Å². The van der Waals surface area contributed by atoms with E-state index < -0.39 is 0 Å². The van der Waals surface area contributed by atoms with Crippen molar-refractivity contribution in [3.63, 3.8) is 0 Å². The highest BCUT2D eigenvalue weighted by molar-refractivity contribution is 5.76. The molecular formula is C19H20N4O. The van der Waals surface area contributed by atoms with Crippen molar-refractivity contribution in [3.8, 4) is 11.4 Å². The van der Waals surface area contributed by atoms with Gasteiger partial charge in [0.05, 0.1) is 6.04 Å². The number of rotatable bonds is 5. The lowest BCUT2D eigenvalue weighted by atomic mass is 10.1. The second kappa shape index (κ2) is 7.08. The van der Waals surface area contributed by atoms with E-state index in [4.69, 9.17) is 0 Å². The Morgan fingerprint density at radius 3 is 2.38 bits per heavy atom. The van der Waals surface area contributed by atoms with E-state index in [1.807, 2.05) is 74.5 Å². The minimum Gasteiger partial charge on any atom is -0.348 e. The van der Waals surface area contributed by atoms with Crippen LogP contribution >= 0.6 is 0 Å². The summed E-state index contributed by atoms with van der Waals surface area (Å²) >= 11 is 0. The Labute approximate surface area is 141 Å². The van der Waals surface area contributed by atoms with Crippen LogP contribution in [0.2, 0.25) is 0 Å². The van der Waals surface area contributed by atoms with Gasteiger partial charge < -0.3 is 5.32 Å². The standard InChI is InChI=1S/C19H20N4O/c1-14(16-9-5-3-6-10-16)20-18(24)13-23-19(21-15(2)22-23)17-11-7-4-8-12-17/h3-12,14H,13H2,1-2H3,(H,20,24). The molecule has 5 nitrogen and oxygen atoms in total. The number of nitrogens with zero attached hydrogens (tertiary/aromatic N) is 3. The molecule has 0 aliphatic rings. The molecule has 0 spiro atoms. The zero-order valence-electron chi connectivity index (χ0n) is 13.8.